The summed E-state index contributed by atoms with van der Waals surface area (Å²) < 4.78 is 0. The van der Waals surface area contributed by atoms with Gasteiger partial charge in [0.05, 0.1) is 0 Å². The molecule has 1 N–H and O–H groups in total. The fourth-order valence-electron chi connectivity index (χ4n) is 3.40. The summed E-state index contributed by atoms with van der Waals surface area (Å²) in [5, 5.41) is 3.32. The van der Waals surface area contributed by atoms with Crippen LogP contribution >= 0.6 is 0 Å². The zero-order valence-electron chi connectivity index (χ0n) is 15.2. The molecule has 1 aliphatic heterocycles. The topological polar surface area (TPSA) is 58.1 Å². The largest absolute Gasteiger partial charge is 0.340 e. The van der Waals surface area contributed by atoms with Gasteiger partial charge in [-0.2, -0.15) is 4.98 Å². The number of aromatic nitrogens is 2. The lowest BCUT2D eigenvalue weighted by molar-refractivity contribution is 0.101. The average molecular weight is 338 g/mol. The Hall–Kier alpha value is -2.43. The molecule has 2 heterocycles. The number of benzene rings is 1. The van der Waals surface area contributed by atoms with Crippen LogP contribution in [0.4, 0.5) is 17.5 Å². The van der Waals surface area contributed by atoms with Gasteiger partial charge >= 0.3 is 0 Å². The molecule has 132 valence electrons. The third-order valence-electron chi connectivity index (χ3n) is 4.74. The number of Topliss-reactive ketones (excluding diaryl/α,β-unsaturated/α-hetero) is 1. The van der Waals surface area contributed by atoms with Gasteiger partial charge < -0.3 is 10.2 Å². The van der Waals surface area contributed by atoms with Gasteiger partial charge in [0.25, 0.3) is 0 Å². The van der Waals surface area contributed by atoms with Crippen LogP contribution in [-0.4, -0.2) is 28.3 Å². The van der Waals surface area contributed by atoms with E-state index in [9.17, 15) is 4.79 Å². The van der Waals surface area contributed by atoms with Crippen LogP contribution in [-0.2, 0) is 0 Å². The molecule has 0 amide bonds. The quantitative estimate of drug-likeness (QED) is 0.813. The number of carbonyl (C=O) groups is 1. The molecule has 0 saturated carbocycles. The summed E-state index contributed by atoms with van der Waals surface area (Å²) in [6.45, 7) is 6.81. The Morgan fingerprint density at radius 1 is 1.28 bits per heavy atom. The van der Waals surface area contributed by atoms with Crippen LogP contribution in [0.15, 0.2) is 30.3 Å². The molecule has 2 aromatic rings. The lowest BCUT2D eigenvalue weighted by Crippen LogP contribution is -2.40. The Balaban J connectivity index is 1.86. The van der Waals surface area contributed by atoms with Crippen molar-refractivity contribution >= 4 is 23.2 Å². The smallest absolute Gasteiger partial charge is 0.227 e. The third kappa shape index (κ3) is 4.16. The zero-order valence-corrected chi connectivity index (χ0v) is 15.2. The molecule has 1 atom stereocenters. The van der Waals surface area contributed by atoms with Gasteiger partial charge in [-0.05, 0) is 51.7 Å². The molecule has 3 rings (SSSR count). The molecule has 1 aliphatic rings. The lowest BCUT2D eigenvalue weighted by Gasteiger charge is -2.35. The van der Waals surface area contributed by atoms with Crippen molar-refractivity contribution in [2.24, 2.45) is 0 Å². The van der Waals surface area contributed by atoms with Gasteiger partial charge in [-0.25, -0.2) is 4.98 Å². The van der Waals surface area contributed by atoms with Crippen molar-refractivity contribution in [3.8, 4) is 0 Å². The summed E-state index contributed by atoms with van der Waals surface area (Å²) in [4.78, 5) is 23.3. The van der Waals surface area contributed by atoms with E-state index in [0.717, 1.165) is 36.1 Å². The number of rotatable bonds is 5. The van der Waals surface area contributed by atoms with Crippen molar-refractivity contribution in [1.82, 2.24) is 9.97 Å². The van der Waals surface area contributed by atoms with Gasteiger partial charge in [0.2, 0.25) is 5.95 Å². The highest BCUT2D eigenvalue weighted by Crippen LogP contribution is 2.26. The van der Waals surface area contributed by atoms with Gasteiger partial charge in [-0.15, -0.1) is 0 Å². The molecule has 1 fully saturated rings. The molecule has 5 nitrogen and oxygen atoms in total. The van der Waals surface area contributed by atoms with E-state index in [1.807, 2.05) is 37.3 Å². The van der Waals surface area contributed by atoms with Crippen molar-refractivity contribution in [3.63, 3.8) is 0 Å². The second-order valence-electron chi connectivity index (χ2n) is 6.71. The minimum Gasteiger partial charge on any atom is -0.340 e. The fourth-order valence-corrected chi connectivity index (χ4v) is 3.40. The first-order valence-corrected chi connectivity index (χ1v) is 9.07. The maximum atomic E-state index is 11.6. The van der Waals surface area contributed by atoms with Crippen LogP contribution in [0.5, 0.6) is 0 Å². The van der Waals surface area contributed by atoms with Crippen molar-refractivity contribution in [1.29, 1.82) is 0 Å². The van der Waals surface area contributed by atoms with E-state index < -0.39 is 0 Å². The fraction of sp³-hybridized carbons (Fsp3) is 0.450. The maximum absolute atomic E-state index is 11.6. The van der Waals surface area contributed by atoms with E-state index in [2.05, 4.69) is 22.1 Å². The van der Waals surface area contributed by atoms with Gasteiger partial charge in [-0.3, -0.25) is 4.79 Å². The highest BCUT2D eigenvalue weighted by molar-refractivity contribution is 5.95. The Kier molecular flexibility index (Phi) is 5.31. The summed E-state index contributed by atoms with van der Waals surface area (Å²) in [6.07, 6.45) is 4.79. The Labute approximate surface area is 149 Å². The Morgan fingerprint density at radius 3 is 2.88 bits per heavy atom. The molecule has 0 spiro atoms. The van der Waals surface area contributed by atoms with Crippen LogP contribution in [0.2, 0.25) is 0 Å². The van der Waals surface area contributed by atoms with Crippen LogP contribution in [0.1, 0.15) is 55.6 Å². The van der Waals surface area contributed by atoms with E-state index >= 15 is 0 Å². The van der Waals surface area contributed by atoms with Crippen molar-refractivity contribution in [2.45, 2.75) is 52.5 Å². The molecule has 0 aliphatic carbocycles. The number of carbonyl (C=O) groups excluding carboxylic acids is 1. The number of nitrogens with one attached hydrogen (secondary N) is 1. The molecule has 1 aromatic heterocycles. The molecule has 0 radical (unpaired) electrons. The zero-order chi connectivity index (χ0) is 17.8. The van der Waals surface area contributed by atoms with E-state index in [1.165, 1.54) is 19.3 Å². The van der Waals surface area contributed by atoms with Crippen LogP contribution < -0.4 is 10.2 Å². The van der Waals surface area contributed by atoms with Gasteiger partial charge in [0.15, 0.2) is 5.78 Å². The predicted molar refractivity (Wildman–Crippen MR) is 102 cm³/mol. The normalized spacial score (nSPS) is 17.4. The molecule has 1 aromatic carbocycles. The first-order chi connectivity index (χ1) is 12.1. The van der Waals surface area contributed by atoms with E-state index in [0.29, 0.717) is 11.6 Å². The van der Waals surface area contributed by atoms with E-state index in [1.54, 1.807) is 6.92 Å². The number of ketones is 1. The third-order valence-corrected chi connectivity index (χ3v) is 4.74. The Bertz CT molecular complexity index is 759. The number of piperidine rings is 1. The second-order valence-corrected chi connectivity index (χ2v) is 6.71. The predicted octanol–water partition coefficient (Wildman–Crippen LogP) is 4.50. The number of hydrogen-bond acceptors (Lipinski definition) is 5. The van der Waals surface area contributed by atoms with E-state index in [4.69, 9.17) is 4.98 Å². The molecule has 0 bridgehead atoms. The standard InChI is InChI=1S/C20H26N4O/c1-4-18-10-5-6-11-24(18)20-21-14(2)12-19(23-20)22-17-9-7-8-16(13-17)15(3)25/h7-9,12-13,18H,4-6,10-11H2,1-3H3,(H,21,22,23). The number of hydrogen-bond donors (Lipinski definition) is 1. The number of aryl methyl sites for hydroxylation is 1. The second kappa shape index (κ2) is 7.64. The van der Waals surface area contributed by atoms with Crippen LogP contribution in [0.3, 0.4) is 0 Å². The molecule has 5 heteroatoms. The summed E-state index contributed by atoms with van der Waals surface area (Å²) >= 11 is 0. The van der Waals surface area contributed by atoms with Gasteiger partial charge in [-0.1, -0.05) is 19.1 Å². The summed E-state index contributed by atoms with van der Waals surface area (Å²) in [5.74, 6) is 1.63. The van der Waals surface area contributed by atoms with Crippen LogP contribution in [0, 0.1) is 6.92 Å². The molecule has 1 saturated heterocycles. The monoisotopic (exact) mass is 338 g/mol. The minimum atomic E-state index is 0.0577. The van der Waals surface area contributed by atoms with E-state index in [-0.39, 0.29) is 5.78 Å². The lowest BCUT2D eigenvalue weighted by atomic mass is 10.0. The minimum absolute atomic E-state index is 0.0577. The van der Waals surface area contributed by atoms with Crippen molar-refractivity contribution < 1.29 is 4.79 Å². The summed E-state index contributed by atoms with van der Waals surface area (Å²) in [6, 6.07) is 9.96. The first-order valence-electron chi connectivity index (χ1n) is 9.07. The molecular formula is C20H26N4O. The highest BCUT2D eigenvalue weighted by atomic mass is 16.1. The molecular weight excluding hydrogens is 312 g/mol. The van der Waals surface area contributed by atoms with Crippen LogP contribution in [0.25, 0.3) is 0 Å². The first kappa shape index (κ1) is 17.4. The molecule has 1 unspecified atom stereocenters. The maximum Gasteiger partial charge on any atom is 0.227 e. The number of anilines is 3. The van der Waals surface area contributed by atoms with Crippen molar-refractivity contribution in [3.05, 3.63) is 41.6 Å². The Morgan fingerprint density at radius 2 is 2.12 bits per heavy atom. The summed E-state index contributed by atoms with van der Waals surface area (Å²) in [5.41, 5.74) is 2.50. The average Bonchev–Trinajstić information content (AvgIpc) is 2.61. The van der Waals surface area contributed by atoms with Crippen molar-refractivity contribution in [2.75, 3.05) is 16.8 Å². The highest BCUT2D eigenvalue weighted by Gasteiger charge is 2.23. The SMILES string of the molecule is CCC1CCCCN1c1nc(C)cc(Nc2cccc(C(C)=O)c2)n1. The number of nitrogens with zero attached hydrogens (tertiary/aromatic N) is 3. The molecule has 25 heavy (non-hydrogen) atoms. The summed E-state index contributed by atoms with van der Waals surface area (Å²) in [7, 11) is 0. The van der Waals surface area contributed by atoms with Gasteiger partial charge in [0, 0.05) is 35.6 Å². The van der Waals surface area contributed by atoms with Gasteiger partial charge in [0.1, 0.15) is 5.82 Å².